The summed E-state index contributed by atoms with van der Waals surface area (Å²) in [5.41, 5.74) is 0.322. The zero-order valence-electron chi connectivity index (χ0n) is 12.3. The van der Waals surface area contributed by atoms with E-state index in [1.54, 1.807) is 18.4 Å². The molecule has 0 saturated heterocycles. The Bertz CT molecular complexity index is 970. The number of nitrogens with one attached hydrogen (secondary N) is 1. The summed E-state index contributed by atoms with van der Waals surface area (Å²) >= 11 is 2.49. The Kier molecular flexibility index (Phi) is 4.05. The van der Waals surface area contributed by atoms with Gasteiger partial charge in [0.05, 0.1) is 22.3 Å². The van der Waals surface area contributed by atoms with Crippen LogP contribution in [0.1, 0.15) is 22.3 Å². The quantitative estimate of drug-likeness (QED) is 0.728. The van der Waals surface area contributed by atoms with Crippen molar-refractivity contribution in [3.8, 4) is 0 Å². The summed E-state index contributed by atoms with van der Waals surface area (Å²) in [5, 5.41) is 5.23. The van der Waals surface area contributed by atoms with E-state index in [0.29, 0.717) is 25.9 Å². The Hall–Kier alpha value is -2.39. The van der Waals surface area contributed by atoms with E-state index in [2.05, 4.69) is 15.3 Å². The molecule has 3 heterocycles. The molecule has 3 rings (SSSR count). The highest BCUT2D eigenvalue weighted by Gasteiger charge is 2.14. The van der Waals surface area contributed by atoms with E-state index >= 15 is 0 Å². The third kappa shape index (κ3) is 3.06. The third-order valence-electron chi connectivity index (χ3n) is 3.13. The van der Waals surface area contributed by atoms with Gasteiger partial charge in [-0.25, -0.2) is 9.97 Å². The minimum atomic E-state index is -0.396. The highest BCUT2D eigenvalue weighted by Crippen LogP contribution is 2.22. The van der Waals surface area contributed by atoms with Crippen LogP contribution in [-0.2, 0) is 11.3 Å². The van der Waals surface area contributed by atoms with Crippen LogP contribution in [0.2, 0.25) is 0 Å². The second-order valence-electron chi connectivity index (χ2n) is 4.85. The number of amides is 1. The average Bonchev–Trinajstić information content (AvgIpc) is 3.09. The molecule has 0 aliphatic heterocycles. The lowest BCUT2D eigenvalue weighted by Gasteiger charge is -2.04. The number of hydrogen-bond donors (Lipinski definition) is 1. The summed E-state index contributed by atoms with van der Waals surface area (Å²) in [6.07, 6.45) is 1.36. The van der Waals surface area contributed by atoms with Gasteiger partial charge >= 0.3 is 0 Å². The van der Waals surface area contributed by atoms with Crippen molar-refractivity contribution in [1.29, 1.82) is 0 Å². The molecule has 7 nitrogen and oxygen atoms in total. The first-order valence-corrected chi connectivity index (χ1v) is 8.36. The van der Waals surface area contributed by atoms with Gasteiger partial charge in [0.15, 0.2) is 10.9 Å². The highest BCUT2D eigenvalue weighted by molar-refractivity contribution is 7.17. The Morgan fingerprint density at radius 2 is 2.17 bits per heavy atom. The van der Waals surface area contributed by atoms with Crippen molar-refractivity contribution >= 4 is 49.7 Å². The number of thiazole rings is 1. The van der Waals surface area contributed by atoms with Gasteiger partial charge in [-0.05, 0) is 18.4 Å². The Balaban J connectivity index is 1.78. The molecule has 3 aromatic heterocycles. The summed E-state index contributed by atoms with van der Waals surface area (Å²) in [5.74, 6) is -0.490. The summed E-state index contributed by atoms with van der Waals surface area (Å²) in [6, 6.07) is 1.69. The van der Waals surface area contributed by atoms with Crippen LogP contribution < -0.4 is 10.9 Å². The average molecular weight is 348 g/mol. The zero-order valence-corrected chi connectivity index (χ0v) is 14.0. The number of hydrogen-bond acceptors (Lipinski definition) is 7. The predicted octanol–water partition coefficient (Wildman–Crippen LogP) is 2.06. The summed E-state index contributed by atoms with van der Waals surface area (Å²) in [6.45, 7) is 3.00. The van der Waals surface area contributed by atoms with Crippen molar-refractivity contribution in [1.82, 2.24) is 14.5 Å². The van der Waals surface area contributed by atoms with Crippen molar-refractivity contribution in [2.75, 3.05) is 5.32 Å². The lowest BCUT2D eigenvalue weighted by atomic mass is 10.3. The van der Waals surface area contributed by atoms with Gasteiger partial charge in [0, 0.05) is 6.92 Å². The number of anilines is 1. The molecule has 118 valence electrons. The van der Waals surface area contributed by atoms with E-state index in [1.165, 1.54) is 29.2 Å². The minimum Gasteiger partial charge on any atom is -0.300 e. The first kappa shape index (κ1) is 15.5. The van der Waals surface area contributed by atoms with Crippen molar-refractivity contribution in [2.45, 2.75) is 20.4 Å². The maximum Gasteiger partial charge on any atom is 0.262 e. The predicted molar refractivity (Wildman–Crippen MR) is 89.4 cm³/mol. The molecule has 0 unspecified atom stereocenters. The zero-order chi connectivity index (χ0) is 16.6. The highest BCUT2D eigenvalue weighted by atomic mass is 32.1. The summed E-state index contributed by atoms with van der Waals surface area (Å²) in [7, 11) is 0. The molecule has 1 amide bonds. The standard InChI is InChI=1S/C14H12N4O3S2/c1-7-11(8(2)19)23-14(16-7)17-10(20)5-18-6-15-12-9(13(18)21)3-4-22-12/h3-4,6H,5H2,1-2H3,(H,16,17,20). The molecule has 3 aromatic rings. The number of thiophene rings is 1. The van der Waals surface area contributed by atoms with Crippen molar-refractivity contribution in [3.05, 3.63) is 38.7 Å². The maximum atomic E-state index is 12.2. The Labute approximate surface area is 138 Å². The van der Waals surface area contributed by atoms with Crippen LogP contribution in [0.15, 0.2) is 22.6 Å². The number of nitrogens with zero attached hydrogens (tertiary/aromatic N) is 3. The number of aromatic nitrogens is 3. The second kappa shape index (κ2) is 6.01. The van der Waals surface area contributed by atoms with Crippen LogP contribution in [0.3, 0.4) is 0 Å². The molecule has 0 aliphatic rings. The molecule has 0 spiro atoms. The number of carbonyl (C=O) groups is 2. The largest absolute Gasteiger partial charge is 0.300 e. The normalized spacial score (nSPS) is 10.9. The monoisotopic (exact) mass is 348 g/mol. The summed E-state index contributed by atoms with van der Waals surface area (Å²) in [4.78, 5) is 45.2. The molecule has 0 atom stereocenters. The second-order valence-corrected chi connectivity index (χ2v) is 6.75. The number of fused-ring (bicyclic) bond motifs is 1. The lowest BCUT2D eigenvalue weighted by molar-refractivity contribution is -0.116. The molecule has 0 fully saturated rings. The number of aryl methyl sites for hydroxylation is 1. The van der Waals surface area contributed by atoms with E-state index in [0.717, 1.165) is 11.3 Å². The fourth-order valence-corrected chi connectivity index (χ4v) is 3.70. The van der Waals surface area contributed by atoms with Gasteiger partial charge in [0.25, 0.3) is 5.56 Å². The molecule has 0 aliphatic carbocycles. The molecule has 1 N–H and O–H groups in total. The topological polar surface area (TPSA) is 94.0 Å². The SMILES string of the molecule is CC(=O)c1sc(NC(=O)Cn2cnc3sccc3c2=O)nc1C. The van der Waals surface area contributed by atoms with E-state index in [4.69, 9.17) is 0 Å². The number of ketones is 1. The molecule has 0 bridgehead atoms. The Morgan fingerprint density at radius 3 is 2.87 bits per heavy atom. The number of carbonyl (C=O) groups excluding carboxylic acids is 2. The van der Waals surface area contributed by atoms with E-state index in [9.17, 15) is 14.4 Å². The lowest BCUT2D eigenvalue weighted by Crippen LogP contribution is -2.27. The molecular weight excluding hydrogens is 336 g/mol. The number of Topliss-reactive ketones (excluding diaryl/α,β-unsaturated/α-hetero) is 1. The molecule has 9 heteroatoms. The van der Waals surface area contributed by atoms with Gasteiger partial charge in [0.1, 0.15) is 11.4 Å². The van der Waals surface area contributed by atoms with E-state index in [1.807, 2.05) is 0 Å². The van der Waals surface area contributed by atoms with Crippen molar-refractivity contribution < 1.29 is 9.59 Å². The first-order chi connectivity index (χ1) is 11.0. The van der Waals surface area contributed by atoms with Gasteiger partial charge in [0.2, 0.25) is 5.91 Å². The molecule has 0 aromatic carbocycles. The van der Waals surface area contributed by atoms with Crippen molar-refractivity contribution in [2.24, 2.45) is 0 Å². The van der Waals surface area contributed by atoms with Crippen molar-refractivity contribution in [3.63, 3.8) is 0 Å². The maximum absolute atomic E-state index is 12.2. The van der Waals surface area contributed by atoms with Crippen LogP contribution in [-0.4, -0.2) is 26.2 Å². The van der Waals surface area contributed by atoms with Crippen LogP contribution >= 0.6 is 22.7 Å². The van der Waals surface area contributed by atoms with Gasteiger partial charge in [-0.2, -0.15) is 0 Å². The van der Waals surface area contributed by atoms with Crippen LogP contribution in [0.4, 0.5) is 5.13 Å². The third-order valence-corrected chi connectivity index (χ3v) is 5.12. The van der Waals surface area contributed by atoms with Crippen LogP contribution in [0.25, 0.3) is 10.2 Å². The fourth-order valence-electron chi connectivity index (χ4n) is 2.10. The van der Waals surface area contributed by atoms with E-state index < -0.39 is 5.91 Å². The first-order valence-electron chi connectivity index (χ1n) is 6.66. The molecule has 0 radical (unpaired) electrons. The number of rotatable bonds is 4. The summed E-state index contributed by atoms with van der Waals surface area (Å²) < 4.78 is 1.25. The van der Waals surface area contributed by atoms with Gasteiger partial charge in [-0.15, -0.1) is 11.3 Å². The molecule has 0 saturated carbocycles. The minimum absolute atomic E-state index is 0.0937. The van der Waals surface area contributed by atoms with Crippen LogP contribution in [0.5, 0.6) is 0 Å². The smallest absolute Gasteiger partial charge is 0.262 e. The van der Waals surface area contributed by atoms with Crippen LogP contribution in [0, 0.1) is 6.92 Å². The molecular formula is C14H12N4O3S2. The fraction of sp³-hybridized carbons (Fsp3) is 0.214. The van der Waals surface area contributed by atoms with Gasteiger partial charge < -0.3 is 5.32 Å². The Morgan fingerprint density at radius 1 is 1.39 bits per heavy atom. The van der Waals surface area contributed by atoms with E-state index in [-0.39, 0.29) is 17.9 Å². The van der Waals surface area contributed by atoms with Gasteiger partial charge in [-0.1, -0.05) is 11.3 Å². The van der Waals surface area contributed by atoms with Gasteiger partial charge in [-0.3, -0.25) is 19.0 Å². The molecule has 23 heavy (non-hydrogen) atoms.